The van der Waals surface area contributed by atoms with E-state index in [0.717, 1.165) is 28.4 Å². The molecule has 0 radical (unpaired) electrons. The van der Waals surface area contributed by atoms with Gasteiger partial charge in [0.1, 0.15) is 0 Å². The Morgan fingerprint density at radius 1 is 0.679 bits per heavy atom. The SMILES string of the molecule is COC(=O)C(C(=O)OC)C(C(=O)c1ccc(Br)cc1)C(C(=O)OC)C(=O)OC. The molecule has 1 rings (SSSR count). The zero-order valence-electron chi connectivity index (χ0n) is 15.6. The number of ketones is 1. The number of halogens is 1. The Hall–Kier alpha value is -2.75. The molecule has 0 aliphatic carbocycles. The lowest BCUT2D eigenvalue weighted by molar-refractivity contribution is -0.167. The van der Waals surface area contributed by atoms with E-state index in [1.807, 2.05) is 0 Å². The predicted molar refractivity (Wildman–Crippen MR) is 97.0 cm³/mol. The molecule has 0 amide bonds. The van der Waals surface area contributed by atoms with E-state index in [2.05, 4.69) is 34.9 Å². The molecule has 0 unspecified atom stereocenters. The first-order chi connectivity index (χ1) is 13.2. The van der Waals surface area contributed by atoms with Crippen molar-refractivity contribution in [1.82, 2.24) is 0 Å². The van der Waals surface area contributed by atoms with E-state index in [1.165, 1.54) is 12.1 Å². The number of hydrogen-bond donors (Lipinski definition) is 0. The van der Waals surface area contributed by atoms with E-state index in [0.29, 0.717) is 4.47 Å². The Balaban J connectivity index is 3.66. The number of carbonyl (C=O) groups excluding carboxylic acids is 5. The molecule has 10 heteroatoms. The van der Waals surface area contributed by atoms with E-state index in [1.54, 1.807) is 12.1 Å². The number of rotatable bonds is 8. The minimum absolute atomic E-state index is 0.0452. The van der Waals surface area contributed by atoms with Gasteiger partial charge in [-0.25, -0.2) is 0 Å². The normalized spacial score (nSPS) is 10.6. The number of esters is 4. The van der Waals surface area contributed by atoms with Crippen LogP contribution < -0.4 is 0 Å². The monoisotopic (exact) mass is 458 g/mol. The Morgan fingerprint density at radius 2 is 1.00 bits per heavy atom. The molecule has 0 fully saturated rings. The molecule has 28 heavy (non-hydrogen) atoms. The fourth-order valence-electron chi connectivity index (χ4n) is 2.59. The first-order valence-electron chi connectivity index (χ1n) is 7.84. The van der Waals surface area contributed by atoms with Gasteiger partial charge in [-0.05, 0) is 12.1 Å². The van der Waals surface area contributed by atoms with Crippen LogP contribution in [0.4, 0.5) is 0 Å². The molecule has 0 aliphatic rings. The third-order valence-corrected chi connectivity index (χ3v) is 4.50. The van der Waals surface area contributed by atoms with Crippen molar-refractivity contribution in [3.8, 4) is 0 Å². The first-order valence-corrected chi connectivity index (χ1v) is 8.63. The Kier molecular flexibility index (Phi) is 8.77. The van der Waals surface area contributed by atoms with Crippen LogP contribution in [0.25, 0.3) is 0 Å². The van der Waals surface area contributed by atoms with Crippen LogP contribution in [0.15, 0.2) is 28.7 Å². The van der Waals surface area contributed by atoms with Crippen LogP contribution in [0, 0.1) is 17.8 Å². The molecule has 0 atom stereocenters. The molecule has 152 valence electrons. The summed E-state index contributed by atoms with van der Waals surface area (Å²) in [5.41, 5.74) is 0.0452. The lowest BCUT2D eigenvalue weighted by Gasteiger charge is -2.26. The summed E-state index contributed by atoms with van der Waals surface area (Å²) in [7, 11) is 3.96. The van der Waals surface area contributed by atoms with Crippen LogP contribution in [-0.2, 0) is 38.1 Å². The van der Waals surface area contributed by atoms with Crippen molar-refractivity contribution in [2.75, 3.05) is 28.4 Å². The van der Waals surface area contributed by atoms with Gasteiger partial charge in [-0.1, -0.05) is 28.1 Å². The third kappa shape index (κ3) is 5.16. The summed E-state index contributed by atoms with van der Waals surface area (Å²) in [4.78, 5) is 62.3. The molecule has 0 spiro atoms. The molecule has 1 aromatic rings. The molecular weight excluding hydrogens is 440 g/mol. The van der Waals surface area contributed by atoms with Gasteiger partial charge in [0.05, 0.1) is 34.4 Å². The lowest BCUT2D eigenvalue weighted by Crippen LogP contribution is -2.47. The van der Waals surface area contributed by atoms with Gasteiger partial charge in [-0.2, -0.15) is 0 Å². The van der Waals surface area contributed by atoms with Crippen LogP contribution in [0.3, 0.4) is 0 Å². The predicted octanol–water partition coefficient (Wildman–Crippen LogP) is 1.17. The van der Waals surface area contributed by atoms with E-state index in [-0.39, 0.29) is 5.56 Å². The molecule has 0 N–H and O–H groups in total. The van der Waals surface area contributed by atoms with E-state index in [9.17, 15) is 24.0 Å². The van der Waals surface area contributed by atoms with E-state index in [4.69, 9.17) is 0 Å². The highest BCUT2D eigenvalue weighted by Crippen LogP contribution is 2.30. The van der Waals surface area contributed by atoms with Crippen LogP contribution in [-0.4, -0.2) is 58.1 Å². The van der Waals surface area contributed by atoms with E-state index >= 15 is 0 Å². The maximum absolute atomic E-state index is 13.2. The largest absolute Gasteiger partial charge is 0.468 e. The second-order valence-corrected chi connectivity index (χ2v) is 6.36. The molecule has 0 aliphatic heterocycles. The molecule has 0 aromatic heterocycles. The molecule has 0 saturated heterocycles. The number of Topliss-reactive ketones (excluding diaryl/α,β-unsaturated/α-hetero) is 1. The maximum Gasteiger partial charge on any atom is 0.320 e. The summed E-state index contributed by atoms with van der Waals surface area (Å²) in [5.74, 6) is -11.0. The number of methoxy groups -OCH3 is 4. The summed E-state index contributed by atoms with van der Waals surface area (Å²) in [6.07, 6.45) is 0. The molecular formula is C18H19BrO9. The zero-order chi connectivity index (χ0) is 21.4. The molecule has 9 nitrogen and oxygen atoms in total. The molecule has 0 heterocycles. The minimum atomic E-state index is -1.89. The van der Waals surface area contributed by atoms with Crippen molar-refractivity contribution in [2.45, 2.75) is 0 Å². The average Bonchev–Trinajstić information content (AvgIpc) is 2.71. The number of hydrogen-bond acceptors (Lipinski definition) is 9. The number of benzene rings is 1. The van der Waals surface area contributed by atoms with Crippen LogP contribution in [0.1, 0.15) is 10.4 Å². The van der Waals surface area contributed by atoms with Crippen molar-refractivity contribution >= 4 is 45.6 Å². The van der Waals surface area contributed by atoms with Crippen molar-refractivity contribution < 1.29 is 42.9 Å². The van der Waals surface area contributed by atoms with Gasteiger partial charge in [-0.15, -0.1) is 0 Å². The molecule has 0 saturated carbocycles. The maximum atomic E-state index is 13.2. The topological polar surface area (TPSA) is 122 Å². The van der Waals surface area contributed by atoms with Gasteiger partial charge in [-0.3, -0.25) is 24.0 Å². The highest BCUT2D eigenvalue weighted by Gasteiger charge is 2.52. The van der Waals surface area contributed by atoms with E-state index < -0.39 is 47.4 Å². The van der Waals surface area contributed by atoms with Gasteiger partial charge in [0, 0.05) is 10.0 Å². The Labute approximate surface area is 169 Å². The molecule has 0 bridgehead atoms. The fourth-order valence-corrected chi connectivity index (χ4v) is 2.85. The van der Waals surface area contributed by atoms with Crippen molar-refractivity contribution in [3.05, 3.63) is 34.3 Å². The van der Waals surface area contributed by atoms with Crippen molar-refractivity contribution in [2.24, 2.45) is 17.8 Å². The Bertz CT molecular complexity index is 689. The lowest BCUT2D eigenvalue weighted by atomic mass is 9.76. The second kappa shape index (κ2) is 10.5. The summed E-state index contributed by atoms with van der Waals surface area (Å²) in [6, 6.07) is 5.88. The zero-order valence-corrected chi connectivity index (χ0v) is 17.2. The van der Waals surface area contributed by atoms with Gasteiger partial charge in [0.25, 0.3) is 0 Å². The van der Waals surface area contributed by atoms with Gasteiger partial charge in [0.15, 0.2) is 17.6 Å². The smallest absolute Gasteiger partial charge is 0.320 e. The standard InChI is InChI=1S/C18H19BrO9/c1-25-15(21)12(16(22)26-2)11(13(17(23)27-3)18(24)28-4)14(20)9-5-7-10(19)8-6-9/h5-8,11-13H,1-4H3. The van der Waals surface area contributed by atoms with Crippen molar-refractivity contribution in [1.29, 1.82) is 0 Å². The quantitative estimate of drug-likeness (QED) is 0.244. The highest BCUT2D eigenvalue weighted by molar-refractivity contribution is 9.10. The first kappa shape index (κ1) is 23.3. The summed E-state index contributed by atoms with van der Waals surface area (Å²) < 4.78 is 19.0. The van der Waals surface area contributed by atoms with Gasteiger partial charge >= 0.3 is 23.9 Å². The minimum Gasteiger partial charge on any atom is -0.468 e. The summed E-state index contributed by atoms with van der Waals surface area (Å²) in [6.45, 7) is 0. The highest BCUT2D eigenvalue weighted by atomic mass is 79.9. The average molecular weight is 459 g/mol. The van der Waals surface area contributed by atoms with Crippen LogP contribution in [0.5, 0.6) is 0 Å². The summed E-state index contributed by atoms with van der Waals surface area (Å²) >= 11 is 3.22. The molecule has 1 aromatic carbocycles. The number of carbonyl (C=O) groups is 5. The van der Waals surface area contributed by atoms with Crippen LogP contribution in [0.2, 0.25) is 0 Å². The third-order valence-electron chi connectivity index (χ3n) is 3.97. The van der Waals surface area contributed by atoms with Crippen molar-refractivity contribution in [3.63, 3.8) is 0 Å². The summed E-state index contributed by atoms with van der Waals surface area (Å²) in [5, 5.41) is 0. The number of ether oxygens (including phenoxy) is 4. The van der Waals surface area contributed by atoms with Crippen LogP contribution >= 0.6 is 15.9 Å². The van der Waals surface area contributed by atoms with Gasteiger partial charge < -0.3 is 18.9 Å². The second-order valence-electron chi connectivity index (χ2n) is 5.44. The van der Waals surface area contributed by atoms with Gasteiger partial charge in [0.2, 0.25) is 0 Å². The fraction of sp³-hybridized carbons (Fsp3) is 0.389. The Morgan fingerprint density at radius 3 is 1.29 bits per heavy atom.